The van der Waals surface area contributed by atoms with Crippen LogP contribution >= 0.6 is 0 Å². The molecule has 0 amide bonds. The number of nitrogens with zero attached hydrogens (tertiary/aromatic N) is 1. The second kappa shape index (κ2) is 8.20. The minimum atomic E-state index is -0.265. The summed E-state index contributed by atoms with van der Waals surface area (Å²) in [6, 6.07) is 0. The van der Waals surface area contributed by atoms with Crippen LogP contribution in [-0.2, 0) is 9.63 Å². The topological polar surface area (TPSA) is 84.9 Å². The number of aliphatic hydroxyl groups is 1. The number of Topliss-reactive ketones (excluding diaryl/α,β-unsaturated/α-hetero) is 1. The molecule has 0 radical (unpaired) electrons. The Hall–Kier alpha value is -0.940. The fourth-order valence-corrected chi connectivity index (χ4v) is 6.33. The van der Waals surface area contributed by atoms with Crippen molar-refractivity contribution >= 4 is 12.0 Å². The van der Waals surface area contributed by atoms with Crippen molar-refractivity contribution in [3.8, 4) is 0 Å². The van der Waals surface area contributed by atoms with E-state index in [2.05, 4.69) is 25.9 Å². The van der Waals surface area contributed by atoms with Crippen molar-refractivity contribution in [2.24, 2.45) is 45.4 Å². The molecule has 3 fully saturated rings. The van der Waals surface area contributed by atoms with Crippen LogP contribution in [0.3, 0.4) is 0 Å². The van der Waals surface area contributed by atoms with E-state index in [9.17, 15) is 9.90 Å². The smallest absolute Gasteiger partial charge is 0.142 e. The molecule has 3 N–H and O–H groups in total. The Morgan fingerprint density at radius 1 is 1.30 bits per heavy atom. The van der Waals surface area contributed by atoms with Gasteiger partial charge in [0, 0.05) is 24.1 Å². The van der Waals surface area contributed by atoms with Gasteiger partial charge in [0.25, 0.3) is 0 Å². The van der Waals surface area contributed by atoms with Crippen molar-refractivity contribution in [3.05, 3.63) is 0 Å². The summed E-state index contributed by atoms with van der Waals surface area (Å²) in [4.78, 5) is 18.7. The van der Waals surface area contributed by atoms with Crippen LogP contribution in [-0.4, -0.2) is 36.4 Å². The van der Waals surface area contributed by atoms with Gasteiger partial charge in [-0.15, -0.1) is 0 Å². The third-order valence-corrected chi connectivity index (χ3v) is 8.44. The summed E-state index contributed by atoms with van der Waals surface area (Å²) in [6.07, 6.45) is 9.54. The molecule has 0 unspecified atom stereocenters. The van der Waals surface area contributed by atoms with Crippen LogP contribution in [0.1, 0.15) is 72.1 Å². The summed E-state index contributed by atoms with van der Waals surface area (Å²) >= 11 is 0. The van der Waals surface area contributed by atoms with E-state index in [1.807, 2.05) is 0 Å². The minimum Gasteiger partial charge on any atom is -0.395 e. The highest BCUT2D eigenvalue weighted by atomic mass is 16.6. The third kappa shape index (κ3) is 3.82. The molecule has 7 atom stereocenters. The second-order valence-electron chi connectivity index (χ2n) is 9.79. The molecule has 0 aromatic carbocycles. The zero-order valence-corrected chi connectivity index (χ0v) is 17.3. The molecule has 3 aliphatic carbocycles. The first kappa shape index (κ1) is 20.8. The van der Waals surface area contributed by atoms with Gasteiger partial charge < -0.3 is 15.7 Å². The fourth-order valence-electron chi connectivity index (χ4n) is 6.33. The summed E-state index contributed by atoms with van der Waals surface area (Å²) in [7, 11) is 0. The van der Waals surface area contributed by atoms with Crippen LogP contribution in [0.4, 0.5) is 0 Å². The summed E-state index contributed by atoms with van der Waals surface area (Å²) < 4.78 is 0. The summed E-state index contributed by atoms with van der Waals surface area (Å²) in [5.74, 6) is 2.03. The number of rotatable bonds is 6. The van der Waals surface area contributed by atoms with Crippen LogP contribution in [0.5, 0.6) is 0 Å². The van der Waals surface area contributed by atoms with Crippen LogP contribution in [0.2, 0.25) is 0 Å². The van der Waals surface area contributed by atoms with Gasteiger partial charge in [0.15, 0.2) is 0 Å². The molecule has 0 aromatic rings. The van der Waals surface area contributed by atoms with E-state index >= 15 is 0 Å². The highest BCUT2D eigenvalue weighted by molar-refractivity contribution is 5.88. The quantitative estimate of drug-likeness (QED) is 0.421. The molecule has 3 saturated carbocycles. The highest BCUT2D eigenvalue weighted by Crippen LogP contribution is 2.61. The molecule has 5 heteroatoms. The van der Waals surface area contributed by atoms with Crippen molar-refractivity contribution in [2.45, 2.75) is 78.2 Å². The standard InChI is InChI=1S/C22H38N2O3/c1-15(8-12-24-27-13-11-23)21(2)10-7-19-18(20(21)26)5-4-16-14-17(25)6-9-22(16,19)3/h12,15-19,25H,4-11,13-14,23H2,1-3H3/b24-12+/t15-,16-,17+,18-,19+,21-,22+/m1/s1. The first-order chi connectivity index (χ1) is 12.8. The van der Waals surface area contributed by atoms with E-state index in [1.165, 1.54) is 0 Å². The van der Waals surface area contributed by atoms with Crippen molar-refractivity contribution in [2.75, 3.05) is 13.2 Å². The molecular formula is C22H38N2O3. The normalized spacial score (nSPS) is 43.2. The lowest BCUT2D eigenvalue weighted by Gasteiger charge is -2.58. The average molecular weight is 379 g/mol. The Morgan fingerprint density at radius 3 is 2.81 bits per heavy atom. The van der Waals surface area contributed by atoms with E-state index in [-0.39, 0.29) is 28.8 Å². The predicted octanol–water partition coefficient (Wildman–Crippen LogP) is 3.54. The SMILES string of the molecule is C[C@H](C/C=N/OCCN)[C@@]1(C)CC[C@H]2[C@@H](CC[C@@H]3C[C@@H](O)CC[C@@]32C)C1=O. The first-order valence-corrected chi connectivity index (χ1v) is 10.9. The molecule has 0 heterocycles. The molecule has 27 heavy (non-hydrogen) atoms. The molecule has 0 bridgehead atoms. The summed E-state index contributed by atoms with van der Waals surface area (Å²) in [5.41, 5.74) is 5.37. The summed E-state index contributed by atoms with van der Waals surface area (Å²) in [5, 5.41) is 14.1. The lowest BCUT2D eigenvalue weighted by Crippen LogP contribution is -2.55. The van der Waals surface area contributed by atoms with Crippen molar-refractivity contribution in [1.82, 2.24) is 0 Å². The van der Waals surface area contributed by atoms with E-state index in [1.54, 1.807) is 6.21 Å². The Labute approximate surface area is 164 Å². The molecular weight excluding hydrogens is 340 g/mol. The van der Waals surface area contributed by atoms with E-state index in [0.29, 0.717) is 30.8 Å². The van der Waals surface area contributed by atoms with E-state index in [0.717, 1.165) is 51.4 Å². The molecule has 3 aliphatic rings. The Bertz CT molecular complexity index is 566. The van der Waals surface area contributed by atoms with Gasteiger partial charge in [-0.2, -0.15) is 0 Å². The number of hydrogen-bond donors (Lipinski definition) is 2. The van der Waals surface area contributed by atoms with Gasteiger partial charge in [-0.25, -0.2) is 0 Å². The number of aliphatic hydroxyl groups excluding tert-OH is 1. The Balaban J connectivity index is 1.68. The molecule has 0 aromatic heterocycles. The monoisotopic (exact) mass is 378 g/mol. The van der Waals surface area contributed by atoms with Crippen molar-refractivity contribution in [1.29, 1.82) is 0 Å². The van der Waals surface area contributed by atoms with E-state index in [4.69, 9.17) is 10.6 Å². The number of carbonyl (C=O) groups is 1. The first-order valence-electron chi connectivity index (χ1n) is 10.9. The number of oxime groups is 1. The van der Waals surface area contributed by atoms with Gasteiger partial charge in [0.2, 0.25) is 0 Å². The molecule has 0 spiro atoms. The van der Waals surface area contributed by atoms with Crippen molar-refractivity contribution < 1.29 is 14.7 Å². The third-order valence-electron chi connectivity index (χ3n) is 8.44. The van der Waals surface area contributed by atoms with E-state index < -0.39 is 0 Å². The molecule has 154 valence electrons. The number of ketones is 1. The summed E-state index contributed by atoms with van der Waals surface area (Å²) in [6.45, 7) is 7.64. The predicted molar refractivity (Wildman–Crippen MR) is 107 cm³/mol. The maximum absolute atomic E-state index is 13.6. The largest absolute Gasteiger partial charge is 0.395 e. The van der Waals surface area contributed by atoms with Gasteiger partial charge in [0.05, 0.1) is 6.10 Å². The fraction of sp³-hybridized carbons (Fsp3) is 0.909. The lowest BCUT2D eigenvalue weighted by molar-refractivity contribution is -0.156. The van der Waals surface area contributed by atoms with Gasteiger partial charge in [-0.3, -0.25) is 4.79 Å². The molecule has 0 aliphatic heterocycles. The van der Waals surface area contributed by atoms with Gasteiger partial charge >= 0.3 is 0 Å². The lowest BCUT2D eigenvalue weighted by atomic mass is 9.46. The van der Waals surface area contributed by atoms with Gasteiger partial charge in [-0.1, -0.05) is 25.9 Å². The zero-order valence-electron chi connectivity index (χ0n) is 17.3. The van der Waals surface area contributed by atoms with Crippen molar-refractivity contribution in [3.63, 3.8) is 0 Å². The number of carbonyl (C=O) groups excluding carboxylic acids is 1. The average Bonchev–Trinajstić information content (AvgIpc) is 2.65. The molecule has 5 nitrogen and oxygen atoms in total. The number of nitrogens with two attached hydrogens (primary N) is 1. The van der Waals surface area contributed by atoms with Crippen LogP contribution < -0.4 is 5.73 Å². The maximum Gasteiger partial charge on any atom is 0.142 e. The zero-order chi connectivity index (χ0) is 19.7. The maximum atomic E-state index is 13.6. The number of fused-ring (bicyclic) bond motifs is 3. The van der Waals surface area contributed by atoms with Crippen LogP contribution in [0.15, 0.2) is 5.16 Å². The number of hydrogen-bond acceptors (Lipinski definition) is 5. The van der Waals surface area contributed by atoms with Gasteiger partial charge in [0.1, 0.15) is 12.4 Å². The highest BCUT2D eigenvalue weighted by Gasteiger charge is 2.57. The molecule has 0 saturated heterocycles. The van der Waals surface area contributed by atoms with Crippen LogP contribution in [0, 0.1) is 34.5 Å². The Kier molecular flexibility index (Phi) is 6.31. The van der Waals surface area contributed by atoms with Crippen LogP contribution in [0.25, 0.3) is 0 Å². The Morgan fingerprint density at radius 2 is 2.07 bits per heavy atom. The minimum absolute atomic E-state index is 0.134. The molecule has 3 rings (SSSR count). The second-order valence-corrected chi connectivity index (χ2v) is 9.79. The van der Waals surface area contributed by atoms with Gasteiger partial charge in [-0.05, 0) is 74.5 Å².